The molecule has 0 aliphatic heterocycles. The number of amides is 1. The number of nitrogens with one attached hydrogen (secondary N) is 2. The van der Waals surface area contributed by atoms with Crippen molar-refractivity contribution < 1.29 is 9.53 Å². The molecular weight excluding hydrogens is 316 g/mol. The third kappa shape index (κ3) is 4.71. The van der Waals surface area contributed by atoms with Gasteiger partial charge in [-0.15, -0.1) is 12.4 Å². The van der Waals surface area contributed by atoms with E-state index in [1.54, 1.807) is 17.9 Å². The summed E-state index contributed by atoms with van der Waals surface area (Å²) in [6.07, 6.45) is 3.51. The minimum absolute atomic E-state index is 0. The van der Waals surface area contributed by atoms with Gasteiger partial charge in [-0.25, -0.2) is 0 Å². The van der Waals surface area contributed by atoms with Crippen molar-refractivity contribution in [3.05, 3.63) is 41.7 Å². The summed E-state index contributed by atoms with van der Waals surface area (Å²) in [5, 5.41) is 10.1. The molecule has 1 heterocycles. The zero-order valence-electron chi connectivity index (χ0n) is 13.8. The topological polar surface area (TPSA) is 68.2 Å². The summed E-state index contributed by atoms with van der Waals surface area (Å²) in [5.41, 5.74) is 2.56. The number of ether oxygens (including phenoxy) is 1. The number of halogens is 1. The molecular formula is C16H23ClN4O2. The Kier molecular flexibility index (Phi) is 7.06. The van der Waals surface area contributed by atoms with Crippen molar-refractivity contribution in [3.8, 4) is 5.75 Å². The van der Waals surface area contributed by atoms with E-state index in [1.807, 2.05) is 45.3 Å². The first-order valence-electron chi connectivity index (χ1n) is 7.25. The van der Waals surface area contributed by atoms with Crippen LogP contribution in [0.4, 0.5) is 5.69 Å². The smallest absolute Gasteiger partial charge is 0.246 e. The highest BCUT2D eigenvalue weighted by molar-refractivity contribution is 5.96. The molecule has 2 aromatic rings. The Morgan fingerprint density at radius 3 is 2.70 bits per heavy atom. The van der Waals surface area contributed by atoms with Gasteiger partial charge in [-0.1, -0.05) is 0 Å². The van der Waals surface area contributed by atoms with E-state index in [4.69, 9.17) is 4.74 Å². The van der Waals surface area contributed by atoms with Crippen LogP contribution in [0.1, 0.15) is 24.1 Å². The number of aromatic nitrogens is 2. The third-order valence-corrected chi connectivity index (χ3v) is 3.38. The Hall–Kier alpha value is -2.05. The third-order valence-electron chi connectivity index (χ3n) is 3.38. The Labute approximate surface area is 142 Å². The quantitative estimate of drug-likeness (QED) is 0.849. The number of hydrogen-bond donors (Lipinski definition) is 2. The molecule has 0 aliphatic carbocycles. The molecule has 1 aromatic carbocycles. The van der Waals surface area contributed by atoms with E-state index in [-0.39, 0.29) is 18.3 Å². The van der Waals surface area contributed by atoms with E-state index in [0.717, 1.165) is 22.6 Å². The Balaban J connectivity index is 0.00000264. The maximum Gasteiger partial charge on any atom is 0.246 e. The molecule has 1 amide bonds. The van der Waals surface area contributed by atoms with Crippen LogP contribution in [0, 0.1) is 6.92 Å². The molecule has 23 heavy (non-hydrogen) atoms. The van der Waals surface area contributed by atoms with Gasteiger partial charge in [0.2, 0.25) is 5.91 Å². The monoisotopic (exact) mass is 338 g/mol. The summed E-state index contributed by atoms with van der Waals surface area (Å²) in [4.78, 5) is 12.5. The number of carbonyl (C=O) groups excluding carboxylic acids is 1. The fourth-order valence-corrected chi connectivity index (χ4v) is 2.28. The van der Waals surface area contributed by atoms with Crippen molar-refractivity contribution in [1.29, 1.82) is 0 Å². The fourth-order valence-electron chi connectivity index (χ4n) is 2.28. The average Bonchev–Trinajstić information content (AvgIpc) is 2.89. The van der Waals surface area contributed by atoms with E-state index < -0.39 is 6.04 Å². The average molecular weight is 339 g/mol. The van der Waals surface area contributed by atoms with Gasteiger partial charge < -0.3 is 15.4 Å². The molecule has 7 heteroatoms. The van der Waals surface area contributed by atoms with Gasteiger partial charge in [-0.05, 0) is 44.7 Å². The van der Waals surface area contributed by atoms with Crippen molar-refractivity contribution in [1.82, 2.24) is 15.1 Å². The number of nitrogens with zero attached hydrogens (tertiary/aromatic N) is 2. The second-order valence-electron chi connectivity index (χ2n) is 5.07. The molecule has 2 N–H and O–H groups in total. The number of hydrogen-bond acceptors (Lipinski definition) is 4. The van der Waals surface area contributed by atoms with Gasteiger partial charge in [-0.3, -0.25) is 9.48 Å². The zero-order valence-corrected chi connectivity index (χ0v) is 14.6. The lowest BCUT2D eigenvalue weighted by molar-refractivity contribution is -0.118. The maximum absolute atomic E-state index is 12.5. The van der Waals surface area contributed by atoms with Crippen LogP contribution < -0.4 is 15.4 Å². The normalized spacial score (nSPS) is 11.5. The molecule has 0 radical (unpaired) electrons. The summed E-state index contributed by atoms with van der Waals surface area (Å²) >= 11 is 0. The van der Waals surface area contributed by atoms with Gasteiger partial charge in [0, 0.05) is 24.5 Å². The van der Waals surface area contributed by atoms with Gasteiger partial charge in [0.15, 0.2) is 0 Å². The first-order valence-corrected chi connectivity index (χ1v) is 7.25. The molecule has 2 rings (SSSR count). The highest BCUT2D eigenvalue weighted by atomic mass is 35.5. The van der Waals surface area contributed by atoms with Crippen molar-refractivity contribution >= 4 is 24.0 Å². The predicted molar refractivity (Wildman–Crippen MR) is 93.2 cm³/mol. The SMILES string of the molecule is CCOc1ccc(NC(=O)C(NC)c2cnn(C)c2)c(C)c1.Cl. The predicted octanol–water partition coefficient (Wildman–Crippen LogP) is 2.45. The first kappa shape index (κ1) is 19.0. The van der Waals surface area contributed by atoms with E-state index in [1.165, 1.54) is 0 Å². The summed E-state index contributed by atoms with van der Waals surface area (Å²) < 4.78 is 7.13. The van der Waals surface area contributed by atoms with Crippen LogP contribution >= 0.6 is 12.4 Å². The van der Waals surface area contributed by atoms with E-state index in [2.05, 4.69) is 15.7 Å². The van der Waals surface area contributed by atoms with Crippen LogP contribution in [0.25, 0.3) is 0 Å². The van der Waals surface area contributed by atoms with E-state index in [0.29, 0.717) is 6.61 Å². The Morgan fingerprint density at radius 1 is 1.43 bits per heavy atom. The van der Waals surface area contributed by atoms with Crippen LogP contribution in [0.2, 0.25) is 0 Å². The molecule has 0 saturated heterocycles. The van der Waals surface area contributed by atoms with Crippen LogP contribution in [0.3, 0.4) is 0 Å². The second kappa shape index (κ2) is 8.55. The number of carbonyl (C=O) groups is 1. The van der Waals surface area contributed by atoms with Gasteiger partial charge in [0.05, 0.1) is 12.8 Å². The number of likely N-dealkylation sites (N-methyl/N-ethyl adjacent to an activating group) is 1. The van der Waals surface area contributed by atoms with Crippen molar-refractivity contribution in [3.63, 3.8) is 0 Å². The molecule has 6 nitrogen and oxygen atoms in total. The van der Waals surface area contributed by atoms with Gasteiger partial charge in [0.1, 0.15) is 11.8 Å². The maximum atomic E-state index is 12.5. The molecule has 1 atom stereocenters. The summed E-state index contributed by atoms with van der Waals surface area (Å²) in [6.45, 7) is 4.50. The molecule has 0 bridgehead atoms. The number of rotatable bonds is 6. The fraction of sp³-hybridized carbons (Fsp3) is 0.375. The standard InChI is InChI=1S/C16H22N4O2.ClH/c1-5-22-13-6-7-14(11(2)8-13)19-16(21)15(17-3)12-9-18-20(4)10-12;/h6-10,15,17H,5H2,1-4H3,(H,19,21);1H. The zero-order chi connectivity index (χ0) is 16.1. The molecule has 0 aliphatic rings. The molecule has 0 saturated carbocycles. The van der Waals surface area contributed by atoms with Crippen molar-refractivity contribution in [2.24, 2.45) is 7.05 Å². The van der Waals surface area contributed by atoms with Crippen molar-refractivity contribution in [2.45, 2.75) is 19.9 Å². The Morgan fingerprint density at radius 2 is 2.17 bits per heavy atom. The summed E-state index contributed by atoms with van der Waals surface area (Å²) in [6, 6.07) is 5.18. The summed E-state index contributed by atoms with van der Waals surface area (Å²) in [7, 11) is 3.58. The van der Waals surface area contributed by atoms with Gasteiger partial charge in [-0.2, -0.15) is 5.10 Å². The van der Waals surface area contributed by atoms with E-state index >= 15 is 0 Å². The second-order valence-corrected chi connectivity index (χ2v) is 5.07. The lowest BCUT2D eigenvalue weighted by Crippen LogP contribution is -2.30. The van der Waals surface area contributed by atoms with Crippen molar-refractivity contribution in [2.75, 3.05) is 19.0 Å². The molecule has 0 fully saturated rings. The summed E-state index contributed by atoms with van der Waals surface area (Å²) in [5.74, 6) is 0.679. The van der Waals surface area contributed by atoms with Crippen LogP contribution in [0.15, 0.2) is 30.6 Å². The van der Waals surface area contributed by atoms with Crippen LogP contribution in [0.5, 0.6) is 5.75 Å². The van der Waals surface area contributed by atoms with Gasteiger partial charge >= 0.3 is 0 Å². The molecule has 126 valence electrons. The number of anilines is 1. The highest BCUT2D eigenvalue weighted by Gasteiger charge is 2.20. The minimum Gasteiger partial charge on any atom is -0.494 e. The Bertz CT molecular complexity index is 657. The van der Waals surface area contributed by atoms with Crippen LogP contribution in [-0.2, 0) is 11.8 Å². The van der Waals surface area contributed by atoms with Crippen LogP contribution in [-0.4, -0.2) is 29.3 Å². The molecule has 1 aromatic heterocycles. The lowest BCUT2D eigenvalue weighted by Gasteiger charge is -2.16. The molecule has 0 spiro atoms. The highest BCUT2D eigenvalue weighted by Crippen LogP contribution is 2.23. The first-order chi connectivity index (χ1) is 10.5. The number of benzene rings is 1. The number of aryl methyl sites for hydroxylation is 2. The van der Waals surface area contributed by atoms with Gasteiger partial charge in [0.25, 0.3) is 0 Å². The molecule has 1 unspecified atom stereocenters. The minimum atomic E-state index is -0.445. The largest absolute Gasteiger partial charge is 0.494 e. The van der Waals surface area contributed by atoms with E-state index in [9.17, 15) is 4.79 Å². The lowest BCUT2D eigenvalue weighted by atomic mass is 10.1.